The summed E-state index contributed by atoms with van der Waals surface area (Å²) in [4.78, 5) is 40.0. The monoisotopic (exact) mass is 649 g/mol. The molecule has 0 saturated heterocycles. The van der Waals surface area contributed by atoms with Crippen LogP contribution in [0.15, 0.2) is 79.4 Å². The standard InChI is InChI=1S/C17H20N2O2.C10H15BN2O3.C6H6ClNO/c1-4-19(5-2)17(20)15-9-7-6-8-14(15)16-11-10-13(21-3)12-18-16;1-3-13(4-2)10(14)8-5-6-12-7-9(8)11(15)16;1-9-5-2-3-6(7)8-4-5/h6-12H,4-5H2,1-3H3;5-7,15-16H,3-4H2,1-2H3;2-4H,1H3. The Morgan fingerprint density at radius 1 is 0.739 bits per heavy atom. The first-order valence-corrected chi connectivity index (χ1v) is 15.2. The molecule has 1 aromatic carbocycles. The van der Waals surface area contributed by atoms with Crippen LogP contribution in [0.4, 0.5) is 0 Å². The minimum Gasteiger partial charge on any atom is -0.495 e. The fourth-order valence-corrected chi connectivity index (χ4v) is 4.32. The van der Waals surface area contributed by atoms with E-state index in [9.17, 15) is 9.59 Å². The van der Waals surface area contributed by atoms with Gasteiger partial charge in [0.1, 0.15) is 16.7 Å². The predicted octanol–water partition coefficient (Wildman–Crippen LogP) is 4.23. The number of methoxy groups -OCH3 is 2. The summed E-state index contributed by atoms with van der Waals surface area (Å²) in [6.45, 7) is 10.3. The van der Waals surface area contributed by atoms with E-state index in [1.54, 1.807) is 43.6 Å². The Hall–Kier alpha value is -4.52. The van der Waals surface area contributed by atoms with E-state index >= 15 is 0 Å². The number of benzene rings is 1. The Bertz CT molecular complexity index is 1500. The van der Waals surface area contributed by atoms with Crippen molar-refractivity contribution in [1.29, 1.82) is 0 Å². The van der Waals surface area contributed by atoms with Crippen molar-refractivity contribution >= 4 is 36.0 Å². The van der Waals surface area contributed by atoms with Crippen molar-refractivity contribution in [3.05, 3.63) is 95.7 Å². The van der Waals surface area contributed by atoms with Crippen LogP contribution in [0.2, 0.25) is 5.15 Å². The molecular weight excluding hydrogens is 609 g/mol. The minimum absolute atomic E-state index is 0.0354. The van der Waals surface area contributed by atoms with Gasteiger partial charge in [-0.05, 0) is 64.1 Å². The summed E-state index contributed by atoms with van der Waals surface area (Å²) in [7, 11) is 1.52. The highest BCUT2D eigenvalue weighted by atomic mass is 35.5. The van der Waals surface area contributed by atoms with Gasteiger partial charge >= 0.3 is 7.12 Å². The second kappa shape index (κ2) is 19.8. The van der Waals surface area contributed by atoms with Gasteiger partial charge in [0, 0.05) is 60.7 Å². The number of hydrogen-bond acceptors (Lipinski definition) is 9. The molecule has 11 nitrogen and oxygen atoms in total. The SMILES string of the molecule is CCN(CC)C(=O)c1ccccc1-c1ccc(OC)cn1.CCN(CC)C(=O)c1ccncc1B(O)O.COc1ccc(Cl)nc1. The number of nitrogens with zero attached hydrogens (tertiary/aromatic N) is 5. The Morgan fingerprint density at radius 2 is 1.28 bits per heavy atom. The van der Waals surface area contributed by atoms with E-state index in [0.717, 1.165) is 17.0 Å². The highest BCUT2D eigenvalue weighted by molar-refractivity contribution is 6.60. The highest BCUT2D eigenvalue weighted by Gasteiger charge is 2.23. The maximum absolute atomic E-state index is 12.6. The van der Waals surface area contributed by atoms with Crippen LogP contribution in [0.5, 0.6) is 11.5 Å². The Morgan fingerprint density at radius 3 is 1.76 bits per heavy atom. The smallest absolute Gasteiger partial charge is 0.490 e. The van der Waals surface area contributed by atoms with Crippen LogP contribution in [0.1, 0.15) is 48.4 Å². The number of carbonyl (C=O) groups excluding carboxylic acids is 2. The third-order valence-corrected chi connectivity index (χ3v) is 7.03. The number of halogens is 1. The average Bonchev–Trinajstić information content (AvgIpc) is 3.10. The van der Waals surface area contributed by atoms with E-state index in [1.165, 1.54) is 18.5 Å². The predicted molar refractivity (Wildman–Crippen MR) is 181 cm³/mol. The van der Waals surface area contributed by atoms with Crippen LogP contribution in [0.3, 0.4) is 0 Å². The van der Waals surface area contributed by atoms with Crippen LogP contribution in [0.25, 0.3) is 11.3 Å². The van der Waals surface area contributed by atoms with Crippen LogP contribution >= 0.6 is 11.6 Å². The molecule has 0 aliphatic rings. The zero-order chi connectivity index (χ0) is 34.1. The Labute approximate surface area is 276 Å². The molecule has 0 atom stereocenters. The van der Waals surface area contributed by atoms with Gasteiger partial charge in [-0.15, -0.1) is 0 Å². The number of ether oxygens (including phenoxy) is 2. The Kier molecular flexibility index (Phi) is 16.2. The molecule has 0 fully saturated rings. The normalized spacial score (nSPS) is 9.93. The molecule has 0 aliphatic heterocycles. The van der Waals surface area contributed by atoms with Crippen molar-refractivity contribution in [3.63, 3.8) is 0 Å². The maximum Gasteiger partial charge on any atom is 0.490 e. The van der Waals surface area contributed by atoms with Crippen molar-refractivity contribution in [2.24, 2.45) is 0 Å². The lowest BCUT2D eigenvalue weighted by Crippen LogP contribution is -2.40. The highest BCUT2D eigenvalue weighted by Crippen LogP contribution is 2.24. The zero-order valence-electron chi connectivity index (χ0n) is 27.1. The van der Waals surface area contributed by atoms with Crippen molar-refractivity contribution in [2.45, 2.75) is 27.7 Å². The summed E-state index contributed by atoms with van der Waals surface area (Å²) < 4.78 is 9.97. The first kappa shape index (κ1) is 37.7. The zero-order valence-corrected chi connectivity index (χ0v) is 27.8. The third-order valence-electron chi connectivity index (χ3n) is 6.80. The van der Waals surface area contributed by atoms with Gasteiger partial charge in [-0.2, -0.15) is 0 Å². The first-order chi connectivity index (χ1) is 22.1. The van der Waals surface area contributed by atoms with Crippen LogP contribution < -0.4 is 14.9 Å². The second-order valence-electron chi connectivity index (χ2n) is 9.44. The van der Waals surface area contributed by atoms with Gasteiger partial charge in [0.15, 0.2) is 0 Å². The number of aromatic nitrogens is 3. The van der Waals surface area contributed by atoms with Gasteiger partial charge in [0.25, 0.3) is 11.8 Å². The molecule has 244 valence electrons. The van der Waals surface area contributed by atoms with Crippen LogP contribution in [-0.2, 0) is 0 Å². The largest absolute Gasteiger partial charge is 0.495 e. The van der Waals surface area contributed by atoms with Gasteiger partial charge < -0.3 is 29.3 Å². The number of pyridine rings is 3. The molecule has 0 radical (unpaired) electrons. The summed E-state index contributed by atoms with van der Waals surface area (Å²) in [5.74, 6) is 1.24. The molecule has 0 spiro atoms. The molecule has 46 heavy (non-hydrogen) atoms. The molecule has 0 bridgehead atoms. The molecule has 4 rings (SSSR count). The van der Waals surface area contributed by atoms with Crippen molar-refractivity contribution in [2.75, 3.05) is 40.4 Å². The van der Waals surface area contributed by atoms with E-state index in [4.69, 9.17) is 31.1 Å². The van der Waals surface area contributed by atoms with Gasteiger partial charge in [0.2, 0.25) is 0 Å². The molecule has 3 heterocycles. The number of carbonyl (C=O) groups is 2. The lowest BCUT2D eigenvalue weighted by Gasteiger charge is -2.20. The maximum atomic E-state index is 12.6. The summed E-state index contributed by atoms with van der Waals surface area (Å²) in [6, 6.07) is 16.2. The average molecular weight is 650 g/mol. The molecule has 4 aromatic rings. The van der Waals surface area contributed by atoms with Gasteiger partial charge in [-0.3, -0.25) is 19.6 Å². The third kappa shape index (κ3) is 10.8. The summed E-state index contributed by atoms with van der Waals surface area (Å²) in [6.07, 6.45) is 5.99. The molecule has 2 N–H and O–H groups in total. The van der Waals surface area contributed by atoms with Gasteiger partial charge in [-0.1, -0.05) is 29.8 Å². The molecule has 13 heteroatoms. The topological polar surface area (TPSA) is 138 Å². The van der Waals surface area contributed by atoms with Crippen LogP contribution in [0, 0.1) is 0 Å². The van der Waals surface area contributed by atoms with E-state index in [1.807, 2.05) is 69.0 Å². The molecule has 3 aromatic heterocycles. The number of amides is 2. The fraction of sp³-hybridized carbons (Fsp3) is 0.303. The summed E-state index contributed by atoms with van der Waals surface area (Å²) in [5.41, 5.74) is 2.72. The second-order valence-corrected chi connectivity index (χ2v) is 9.83. The van der Waals surface area contributed by atoms with Crippen LogP contribution in [-0.4, -0.2) is 94.1 Å². The number of hydrogen-bond donors (Lipinski definition) is 2. The molecule has 0 unspecified atom stereocenters. The summed E-state index contributed by atoms with van der Waals surface area (Å²) in [5, 5.41) is 18.7. The van der Waals surface area contributed by atoms with Crippen molar-refractivity contribution < 1.29 is 29.1 Å². The minimum atomic E-state index is -1.68. The molecule has 0 aliphatic carbocycles. The lowest BCUT2D eigenvalue weighted by molar-refractivity contribution is 0.0766. The summed E-state index contributed by atoms with van der Waals surface area (Å²) >= 11 is 5.50. The molecule has 2 amide bonds. The van der Waals surface area contributed by atoms with E-state index in [0.29, 0.717) is 42.6 Å². The van der Waals surface area contributed by atoms with Gasteiger partial charge in [0.05, 0.1) is 32.3 Å². The first-order valence-electron chi connectivity index (χ1n) is 14.8. The quantitative estimate of drug-likeness (QED) is 0.191. The van der Waals surface area contributed by atoms with Gasteiger partial charge in [-0.25, -0.2) is 4.98 Å². The molecule has 0 saturated carbocycles. The molecular formula is C33H41BClN5O6. The van der Waals surface area contributed by atoms with Crippen molar-refractivity contribution in [1.82, 2.24) is 24.8 Å². The fourth-order valence-electron chi connectivity index (χ4n) is 4.21. The van der Waals surface area contributed by atoms with E-state index in [2.05, 4.69) is 15.0 Å². The van der Waals surface area contributed by atoms with E-state index in [-0.39, 0.29) is 22.8 Å². The van der Waals surface area contributed by atoms with Crippen molar-refractivity contribution in [3.8, 4) is 22.8 Å². The Balaban J connectivity index is 0.000000260. The number of rotatable bonds is 10. The lowest BCUT2D eigenvalue weighted by atomic mass is 9.78. The van der Waals surface area contributed by atoms with E-state index < -0.39 is 7.12 Å².